The molecule has 2 fully saturated rings. The van der Waals surface area contributed by atoms with Gasteiger partial charge in [0.05, 0.1) is 0 Å². The van der Waals surface area contributed by atoms with Crippen molar-refractivity contribution in [2.75, 3.05) is 20.4 Å². The number of nitrogens with zero attached hydrogens (tertiary/aromatic N) is 1. The number of esters is 1. The number of hydrogen-bond acceptors (Lipinski definition) is 6. The molecule has 0 N–H and O–H groups in total. The SMILES string of the molecule is CN1CC[C@]23CCCC[C@H]2[C@H]1Cc1ccc(OC(=O)OCOC(=O)/C=C/c2ccccc2)cc13. The summed E-state index contributed by atoms with van der Waals surface area (Å²) in [5, 5.41) is 0. The van der Waals surface area contributed by atoms with Gasteiger partial charge < -0.3 is 19.1 Å². The summed E-state index contributed by atoms with van der Waals surface area (Å²) >= 11 is 0. The first kappa shape index (κ1) is 22.7. The number of benzene rings is 2. The lowest BCUT2D eigenvalue weighted by Crippen LogP contribution is -2.59. The minimum absolute atomic E-state index is 0.187. The molecule has 2 aromatic carbocycles. The lowest BCUT2D eigenvalue weighted by molar-refractivity contribution is -0.146. The first-order valence-corrected chi connectivity index (χ1v) is 12.1. The van der Waals surface area contributed by atoms with E-state index in [4.69, 9.17) is 14.2 Å². The van der Waals surface area contributed by atoms with Crippen LogP contribution < -0.4 is 4.74 Å². The Hall–Kier alpha value is -3.12. The number of carbonyl (C=O) groups excluding carboxylic acids is 2. The summed E-state index contributed by atoms with van der Waals surface area (Å²) in [5.74, 6) is 0.554. The molecule has 6 heteroatoms. The highest BCUT2D eigenvalue weighted by atomic mass is 16.8. The molecule has 0 spiro atoms. The van der Waals surface area contributed by atoms with E-state index in [1.54, 1.807) is 6.08 Å². The highest BCUT2D eigenvalue weighted by molar-refractivity contribution is 5.87. The van der Waals surface area contributed by atoms with Crippen LogP contribution in [0.3, 0.4) is 0 Å². The van der Waals surface area contributed by atoms with Crippen LogP contribution in [0.5, 0.6) is 5.75 Å². The van der Waals surface area contributed by atoms with Crippen LogP contribution >= 0.6 is 0 Å². The lowest BCUT2D eigenvalue weighted by Gasteiger charge is -2.58. The Kier molecular flexibility index (Phi) is 6.42. The van der Waals surface area contributed by atoms with E-state index in [9.17, 15) is 9.59 Å². The topological polar surface area (TPSA) is 65.1 Å². The van der Waals surface area contributed by atoms with Gasteiger partial charge in [0.1, 0.15) is 5.75 Å². The number of ether oxygens (including phenoxy) is 3. The lowest BCUT2D eigenvalue weighted by atomic mass is 9.52. The van der Waals surface area contributed by atoms with Crippen LogP contribution in [0, 0.1) is 5.92 Å². The van der Waals surface area contributed by atoms with E-state index >= 15 is 0 Å². The molecule has 0 radical (unpaired) electrons. The minimum atomic E-state index is -0.880. The number of likely N-dealkylation sites (tertiary alicyclic amines) is 1. The predicted octanol–water partition coefficient (Wildman–Crippen LogP) is 5.10. The standard InChI is InChI=1S/C28H31NO5/c1-29-16-15-28-14-6-5-9-23(28)25(29)17-21-11-12-22(18-24(21)28)34-27(31)33-19-32-26(30)13-10-20-7-3-2-4-8-20/h2-4,7-8,10-13,18,23,25H,5-6,9,14-17,19H2,1H3/b13-10+/t23-,25+,28+/m0/s1. The minimum Gasteiger partial charge on any atom is -0.425 e. The molecule has 1 saturated carbocycles. The summed E-state index contributed by atoms with van der Waals surface area (Å²) in [6, 6.07) is 16.0. The van der Waals surface area contributed by atoms with Crippen molar-refractivity contribution in [1.82, 2.24) is 4.90 Å². The van der Waals surface area contributed by atoms with E-state index < -0.39 is 18.9 Å². The maximum absolute atomic E-state index is 12.2. The second-order valence-corrected chi connectivity index (χ2v) is 9.65. The first-order valence-electron chi connectivity index (χ1n) is 12.1. The van der Waals surface area contributed by atoms with Gasteiger partial charge in [0, 0.05) is 17.5 Å². The predicted molar refractivity (Wildman–Crippen MR) is 128 cm³/mol. The molecule has 1 saturated heterocycles. The molecule has 1 heterocycles. The van der Waals surface area contributed by atoms with Crippen molar-refractivity contribution < 1.29 is 23.8 Å². The van der Waals surface area contributed by atoms with Gasteiger partial charge in [0.15, 0.2) is 0 Å². The molecule has 0 unspecified atom stereocenters. The normalized spacial score (nSPS) is 25.8. The monoisotopic (exact) mass is 461 g/mol. The van der Waals surface area contributed by atoms with Crippen LogP contribution in [0.2, 0.25) is 0 Å². The quantitative estimate of drug-likeness (QED) is 0.267. The first-order chi connectivity index (χ1) is 16.5. The zero-order valence-corrected chi connectivity index (χ0v) is 19.6. The van der Waals surface area contributed by atoms with Crippen molar-refractivity contribution in [3.63, 3.8) is 0 Å². The van der Waals surface area contributed by atoms with E-state index in [2.05, 4.69) is 18.0 Å². The molecule has 6 nitrogen and oxygen atoms in total. The fourth-order valence-corrected chi connectivity index (χ4v) is 6.28. The van der Waals surface area contributed by atoms with E-state index in [1.165, 1.54) is 42.9 Å². The largest absolute Gasteiger partial charge is 0.516 e. The number of hydrogen-bond donors (Lipinski definition) is 0. The molecule has 34 heavy (non-hydrogen) atoms. The van der Waals surface area contributed by atoms with Crippen molar-refractivity contribution in [3.05, 3.63) is 71.3 Å². The van der Waals surface area contributed by atoms with Crippen LogP contribution in [0.1, 0.15) is 48.8 Å². The number of likely N-dealkylation sites (N-methyl/N-ethyl adjacent to an activating group) is 1. The molecule has 0 aromatic heterocycles. The van der Waals surface area contributed by atoms with E-state index in [1.807, 2.05) is 42.5 Å². The Bertz CT molecular complexity index is 1080. The van der Waals surface area contributed by atoms with Crippen LogP contribution in [0.4, 0.5) is 4.79 Å². The number of carbonyl (C=O) groups is 2. The Labute approximate surface area is 200 Å². The molecule has 3 aliphatic rings. The Balaban J connectivity index is 1.20. The second kappa shape index (κ2) is 9.63. The zero-order valence-electron chi connectivity index (χ0n) is 19.6. The van der Waals surface area contributed by atoms with E-state index in [0.717, 1.165) is 24.9 Å². The second-order valence-electron chi connectivity index (χ2n) is 9.65. The number of piperidine rings is 1. The summed E-state index contributed by atoms with van der Waals surface area (Å²) in [7, 11) is 2.26. The van der Waals surface area contributed by atoms with Crippen molar-refractivity contribution >= 4 is 18.2 Å². The highest BCUT2D eigenvalue weighted by Crippen LogP contribution is 2.55. The third-order valence-electron chi connectivity index (χ3n) is 7.88. The van der Waals surface area contributed by atoms with Gasteiger partial charge in [-0.15, -0.1) is 0 Å². The molecular formula is C28H31NO5. The molecule has 2 aromatic rings. The molecule has 178 valence electrons. The zero-order chi connectivity index (χ0) is 23.5. The van der Waals surface area contributed by atoms with E-state index in [0.29, 0.717) is 17.7 Å². The number of rotatable bonds is 5. The third-order valence-corrected chi connectivity index (χ3v) is 7.88. The van der Waals surface area contributed by atoms with Crippen molar-refractivity contribution in [2.45, 2.75) is 50.0 Å². The smallest absolute Gasteiger partial charge is 0.425 e. The van der Waals surface area contributed by atoms with Gasteiger partial charge in [-0.3, -0.25) is 0 Å². The van der Waals surface area contributed by atoms with Gasteiger partial charge in [-0.25, -0.2) is 9.59 Å². The molecule has 0 amide bonds. The maximum Gasteiger partial charge on any atom is 0.516 e. The van der Waals surface area contributed by atoms with Gasteiger partial charge in [0.25, 0.3) is 0 Å². The maximum atomic E-state index is 12.2. The van der Waals surface area contributed by atoms with Crippen LogP contribution in [0.15, 0.2) is 54.6 Å². The van der Waals surface area contributed by atoms with Gasteiger partial charge >= 0.3 is 12.1 Å². The summed E-state index contributed by atoms with van der Waals surface area (Å²) in [5.41, 5.74) is 3.79. The fraction of sp³-hybridized carbons (Fsp3) is 0.429. The van der Waals surface area contributed by atoms with Crippen LogP contribution in [-0.4, -0.2) is 43.5 Å². The van der Waals surface area contributed by atoms with Crippen LogP contribution in [-0.2, 0) is 26.1 Å². The average molecular weight is 462 g/mol. The average Bonchev–Trinajstić information content (AvgIpc) is 2.86. The van der Waals surface area contributed by atoms with Gasteiger partial charge in [0.2, 0.25) is 6.79 Å². The highest BCUT2D eigenvalue weighted by Gasteiger charge is 2.53. The molecule has 1 aliphatic heterocycles. The Morgan fingerprint density at radius 2 is 1.94 bits per heavy atom. The van der Waals surface area contributed by atoms with Crippen molar-refractivity contribution in [1.29, 1.82) is 0 Å². The summed E-state index contributed by atoms with van der Waals surface area (Å²) < 4.78 is 15.4. The molecule has 3 atom stereocenters. The molecule has 2 bridgehead atoms. The summed E-state index contributed by atoms with van der Waals surface area (Å²) in [6.07, 6.45) is 9.28. The molecule has 2 aliphatic carbocycles. The number of fused-ring (bicyclic) bond motifs is 1. The molecule has 5 rings (SSSR count). The van der Waals surface area contributed by atoms with Gasteiger partial charge in [-0.05, 0) is 80.1 Å². The summed E-state index contributed by atoms with van der Waals surface area (Å²) in [6.45, 7) is 0.611. The molecular weight excluding hydrogens is 430 g/mol. The van der Waals surface area contributed by atoms with Crippen molar-refractivity contribution in [2.24, 2.45) is 5.92 Å². The Morgan fingerprint density at radius 1 is 1.09 bits per heavy atom. The third kappa shape index (κ3) is 4.47. The Morgan fingerprint density at radius 3 is 2.79 bits per heavy atom. The fourth-order valence-electron chi connectivity index (χ4n) is 6.28. The summed E-state index contributed by atoms with van der Waals surface area (Å²) in [4.78, 5) is 26.6. The van der Waals surface area contributed by atoms with E-state index in [-0.39, 0.29) is 5.41 Å². The van der Waals surface area contributed by atoms with Crippen LogP contribution in [0.25, 0.3) is 6.08 Å². The van der Waals surface area contributed by atoms with Crippen molar-refractivity contribution in [3.8, 4) is 5.75 Å². The van der Waals surface area contributed by atoms with Gasteiger partial charge in [-0.2, -0.15) is 0 Å². The van der Waals surface area contributed by atoms with Gasteiger partial charge in [-0.1, -0.05) is 49.2 Å².